The molecule has 0 bridgehead atoms. The van der Waals surface area contributed by atoms with Crippen LogP contribution in [0.4, 0.5) is 11.4 Å². The molecule has 11 heteroatoms. The number of rotatable bonds is 10. The zero-order valence-electron chi connectivity index (χ0n) is 17.3. The van der Waals surface area contributed by atoms with E-state index in [1.165, 1.54) is 36.4 Å². The highest BCUT2D eigenvalue weighted by atomic mass is 35.5. The summed E-state index contributed by atoms with van der Waals surface area (Å²) >= 11 is 6.01. The molecule has 3 aromatic carbocycles. The summed E-state index contributed by atoms with van der Waals surface area (Å²) in [4.78, 5) is 22.9. The predicted molar refractivity (Wildman–Crippen MR) is 124 cm³/mol. The number of amides is 1. The van der Waals surface area contributed by atoms with Gasteiger partial charge in [-0.25, -0.2) is 8.42 Å². The Hall–Kier alpha value is -3.63. The number of benzene rings is 3. The number of sulfonamides is 1. The maximum absolute atomic E-state index is 13.2. The molecule has 172 valence electrons. The minimum atomic E-state index is -4.11. The number of nitro benzene ring substituents is 1. The molecule has 3 aromatic rings. The van der Waals surface area contributed by atoms with Crippen LogP contribution in [0.5, 0.6) is 5.75 Å². The number of nitrogens with zero attached hydrogens (tertiary/aromatic N) is 2. The Balaban J connectivity index is 1.73. The highest BCUT2D eigenvalue weighted by Crippen LogP contribution is 2.26. The van der Waals surface area contributed by atoms with Gasteiger partial charge in [0.1, 0.15) is 18.9 Å². The molecule has 0 heterocycles. The number of halogens is 1. The first-order chi connectivity index (χ1) is 15.8. The van der Waals surface area contributed by atoms with Crippen molar-refractivity contribution >= 4 is 38.9 Å². The number of ether oxygens (including phenoxy) is 1. The molecular weight excluding hydrogens is 470 g/mol. The summed E-state index contributed by atoms with van der Waals surface area (Å²) in [7, 11) is -4.11. The number of anilines is 1. The average molecular weight is 490 g/mol. The van der Waals surface area contributed by atoms with E-state index in [2.05, 4.69) is 5.32 Å². The number of non-ortho nitro benzene ring substituents is 1. The Labute approximate surface area is 195 Å². The first-order valence-electron chi connectivity index (χ1n) is 9.75. The topological polar surface area (TPSA) is 119 Å². The van der Waals surface area contributed by atoms with E-state index in [9.17, 15) is 23.3 Å². The van der Waals surface area contributed by atoms with Crippen LogP contribution in [0.15, 0.2) is 83.8 Å². The number of hydrogen-bond acceptors (Lipinski definition) is 6. The zero-order valence-corrected chi connectivity index (χ0v) is 18.8. The summed E-state index contributed by atoms with van der Waals surface area (Å²) in [6, 6.07) is 19.4. The molecule has 1 N–H and O–H groups in total. The van der Waals surface area contributed by atoms with Crippen molar-refractivity contribution in [3.8, 4) is 5.75 Å². The van der Waals surface area contributed by atoms with Gasteiger partial charge in [0.25, 0.3) is 15.7 Å². The van der Waals surface area contributed by atoms with Gasteiger partial charge in [-0.1, -0.05) is 41.9 Å². The molecule has 0 aliphatic rings. The van der Waals surface area contributed by atoms with E-state index in [0.717, 1.165) is 4.31 Å². The fourth-order valence-electron chi connectivity index (χ4n) is 2.87. The highest BCUT2D eigenvalue weighted by Gasteiger charge is 2.27. The Kier molecular flexibility index (Phi) is 7.86. The third-order valence-corrected chi connectivity index (χ3v) is 6.59. The molecule has 9 nitrogen and oxygen atoms in total. The van der Waals surface area contributed by atoms with Gasteiger partial charge in [0, 0.05) is 12.1 Å². The van der Waals surface area contributed by atoms with E-state index in [1.54, 1.807) is 42.5 Å². The second-order valence-electron chi connectivity index (χ2n) is 6.73. The van der Waals surface area contributed by atoms with E-state index in [4.69, 9.17) is 16.3 Å². The fourth-order valence-corrected chi connectivity index (χ4v) is 4.51. The van der Waals surface area contributed by atoms with E-state index in [0.29, 0.717) is 10.8 Å². The fraction of sp³-hybridized carbons (Fsp3) is 0.136. The molecular formula is C22H20ClN3O6S. The lowest BCUT2D eigenvalue weighted by atomic mass is 10.3. The lowest BCUT2D eigenvalue weighted by Gasteiger charge is -2.24. The van der Waals surface area contributed by atoms with Crippen LogP contribution in [0.2, 0.25) is 5.02 Å². The van der Waals surface area contributed by atoms with E-state index in [-0.39, 0.29) is 29.4 Å². The van der Waals surface area contributed by atoms with Gasteiger partial charge in [0.2, 0.25) is 5.91 Å². The second-order valence-corrected chi connectivity index (χ2v) is 9.00. The summed E-state index contributed by atoms with van der Waals surface area (Å²) in [5.74, 6) is -0.108. The van der Waals surface area contributed by atoms with Crippen LogP contribution in [-0.2, 0) is 14.8 Å². The third kappa shape index (κ3) is 6.21. The van der Waals surface area contributed by atoms with Crippen molar-refractivity contribution in [1.82, 2.24) is 5.32 Å². The SMILES string of the molecule is O=C(CN(c1ccc([N+](=O)[O-])cc1)S(=O)(=O)c1ccccc1)NCCOc1ccccc1Cl. The van der Waals surface area contributed by atoms with Gasteiger partial charge in [0.15, 0.2) is 0 Å². The van der Waals surface area contributed by atoms with Crippen molar-refractivity contribution in [2.24, 2.45) is 0 Å². The van der Waals surface area contributed by atoms with Crippen LogP contribution in [-0.4, -0.2) is 38.9 Å². The van der Waals surface area contributed by atoms with Gasteiger partial charge >= 0.3 is 0 Å². The van der Waals surface area contributed by atoms with Crippen LogP contribution in [0.1, 0.15) is 0 Å². The average Bonchev–Trinajstić information content (AvgIpc) is 2.82. The van der Waals surface area contributed by atoms with Crippen LogP contribution in [0.3, 0.4) is 0 Å². The number of nitro groups is 1. The number of para-hydroxylation sites is 1. The molecule has 0 aliphatic carbocycles. The predicted octanol–water partition coefficient (Wildman–Crippen LogP) is 3.64. The van der Waals surface area contributed by atoms with E-state index >= 15 is 0 Å². The zero-order chi connectivity index (χ0) is 23.8. The summed E-state index contributed by atoms with van der Waals surface area (Å²) < 4.78 is 32.8. The van der Waals surface area contributed by atoms with Crippen LogP contribution in [0, 0.1) is 10.1 Å². The number of carbonyl (C=O) groups excluding carboxylic acids is 1. The Bertz CT molecular complexity index is 1220. The highest BCUT2D eigenvalue weighted by molar-refractivity contribution is 7.92. The molecule has 0 saturated heterocycles. The van der Waals surface area contributed by atoms with Gasteiger partial charge in [0.05, 0.1) is 27.1 Å². The molecule has 33 heavy (non-hydrogen) atoms. The molecule has 0 radical (unpaired) electrons. The van der Waals surface area contributed by atoms with E-state index in [1.807, 2.05) is 0 Å². The monoisotopic (exact) mass is 489 g/mol. The van der Waals surface area contributed by atoms with Crippen molar-refractivity contribution in [3.63, 3.8) is 0 Å². The molecule has 0 spiro atoms. The van der Waals surface area contributed by atoms with Crippen molar-refractivity contribution in [2.75, 3.05) is 24.0 Å². The molecule has 0 aliphatic heterocycles. The van der Waals surface area contributed by atoms with Crippen molar-refractivity contribution in [1.29, 1.82) is 0 Å². The molecule has 0 atom stereocenters. The number of hydrogen-bond donors (Lipinski definition) is 1. The molecule has 0 aromatic heterocycles. The minimum Gasteiger partial charge on any atom is -0.490 e. The lowest BCUT2D eigenvalue weighted by molar-refractivity contribution is -0.384. The van der Waals surface area contributed by atoms with Crippen molar-refractivity contribution in [2.45, 2.75) is 4.90 Å². The Morgan fingerprint density at radius 2 is 1.64 bits per heavy atom. The first kappa shape index (κ1) is 24.0. The molecule has 3 rings (SSSR count). The molecule has 0 fully saturated rings. The van der Waals surface area contributed by atoms with Gasteiger partial charge < -0.3 is 10.1 Å². The molecule has 1 amide bonds. The Morgan fingerprint density at radius 1 is 1.00 bits per heavy atom. The maximum atomic E-state index is 13.2. The smallest absolute Gasteiger partial charge is 0.269 e. The third-order valence-electron chi connectivity index (χ3n) is 4.49. The minimum absolute atomic E-state index is 0.0156. The van der Waals surface area contributed by atoms with E-state index < -0.39 is 27.4 Å². The van der Waals surface area contributed by atoms with Crippen LogP contribution in [0.25, 0.3) is 0 Å². The molecule has 0 unspecified atom stereocenters. The normalized spacial score (nSPS) is 10.9. The second kappa shape index (κ2) is 10.8. The summed E-state index contributed by atoms with van der Waals surface area (Å²) in [6.07, 6.45) is 0. The number of carbonyl (C=O) groups is 1. The van der Waals surface area contributed by atoms with Crippen LogP contribution >= 0.6 is 11.6 Å². The standard InChI is InChI=1S/C22H20ClN3O6S/c23-20-8-4-5-9-21(20)32-15-14-24-22(27)16-25(17-10-12-18(13-11-17)26(28)29)33(30,31)19-6-2-1-3-7-19/h1-13H,14-16H2,(H,24,27). The molecule has 0 saturated carbocycles. The first-order valence-corrected chi connectivity index (χ1v) is 11.6. The van der Waals surface area contributed by atoms with Crippen molar-refractivity contribution in [3.05, 3.63) is 94.0 Å². The van der Waals surface area contributed by atoms with Gasteiger partial charge in [-0.15, -0.1) is 0 Å². The largest absolute Gasteiger partial charge is 0.490 e. The summed E-state index contributed by atoms with van der Waals surface area (Å²) in [6.45, 7) is -0.289. The summed E-state index contributed by atoms with van der Waals surface area (Å²) in [5, 5.41) is 14.0. The quantitative estimate of drug-likeness (QED) is 0.264. The van der Waals surface area contributed by atoms with Crippen LogP contribution < -0.4 is 14.4 Å². The van der Waals surface area contributed by atoms with Gasteiger partial charge in [-0.3, -0.25) is 19.2 Å². The lowest BCUT2D eigenvalue weighted by Crippen LogP contribution is -2.41. The maximum Gasteiger partial charge on any atom is 0.269 e. The van der Waals surface area contributed by atoms with Gasteiger partial charge in [-0.2, -0.15) is 0 Å². The summed E-state index contributed by atoms with van der Waals surface area (Å²) in [5.41, 5.74) is -0.0797. The van der Waals surface area contributed by atoms with Gasteiger partial charge in [-0.05, 0) is 36.4 Å². The van der Waals surface area contributed by atoms with Crippen molar-refractivity contribution < 1.29 is 22.9 Å². The number of nitrogens with one attached hydrogen (secondary N) is 1. The Morgan fingerprint density at radius 3 is 2.27 bits per heavy atom.